The minimum absolute atomic E-state index is 0. The predicted octanol–water partition coefficient (Wildman–Crippen LogP) is 1.89. The minimum atomic E-state index is 0. The molecule has 0 bridgehead atoms. The number of aryl methyl sites for hydroxylation is 1. The fourth-order valence-electron chi connectivity index (χ4n) is 3.34. The summed E-state index contributed by atoms with van der Waals surface area (Å²) in [6.07, 6.45) is 0. The van der Waals surface area contributed by atoms with E-state index in [1.54, 1.807) is 0 Å². The Morgan fingerprint density at radius 3 is 2.03 bits per heavy atom. The Morgan fingerprint density at radius 2 is 1.35 bits per heavy atom. The summed E-state index contributed by atoms with van der Waals surface area (Å²) in [4.78, 5) is 0. The van der Waals surface area contributed by atoms with E-state index in [1.807, 2.05) is 0 Å². The van der Waals surface area contributed by atoms with Crippen molar-refractivity contribution in [2.45, 2.75) is 20.0 Å². The van der Waals surface area contributed by atoms with E-state index in [0.717, 1.165) is 0 Å². The maximum Gasteiger partial charge on any atom is -0.0279 e. The first-order valence-corrected chi connectivity index (χ1v) is 17.8. The normalized spacial score (nSPS) is 9.45. The zero-order valence-corrected chi connectivity index (χ0v) is 25.8. The summed E-state index contributed by atoms with van der Waals surface area (Å²) in [5.74, 6) is 0. The van der Waals surface area contributed by atoms with Crippen molar-refractivity contribution in [3.63, 3.8) is 0 Å². The summed E-state index contributed by atoms with van der Waals surface area (Å²) in [7, 11) is 0. The van der Waals surface area contributed by atoms with Crippen LogP contribution >= 0.6 is 0 Å². The van der Waals surface area contributed by atoms with E-state index in [1.165, 1.54) is 61.2 Å². The standard InChI is InChI=1S/C15H11.C10H9.C2H6Si.2BrH.Hf/c1-2-6-12(7-3-1)14-10-4-8-13-9-5-11-15(13)14;1-8-6-9-4-2-3-5-10(9)7-8;1-3-2;;;/h1-11H;2-7H,1H3;1-2H3;2*1H;/q2*-1;;;;+2/p-2. The van der Waals surface area contributed by atoms with Crippen LogP contribution in [0.25, 0.3) is 32.7 Å². The quantitative estimate of drug-likeness (QED) is 0.184. The van der Waals surface area contributed by atoms with Gasteiger partial charge in [0, 0.05) is 0 Å². The van der Waals surface area contributed by atoms with Gasteiger partial charge in [-0.15, -0.1) is 69.6 Å². The van der Waals surface area contributed by atoms with Crippen LogP contribution in [0, 0.1) is 6.92 Å². The molecule has 0 saturated carbocycles. The molecule has 0 aliphatic heterocycles. The predicted molar refractivity (Wildman–Crippen MR) is 127 cm³/mol. The van der Waals surface area contributed by atoms with E-state index >= 15 is 0 Å². The van der Waals surface area contributed by atoms with Crippen LogP contribution in [0.2, 0.25) is 13.1 Å². The fourth-order valence-corrected chi connectivity index (χ4v) is 3.34. The zero-order valence-electron chi connectivity index (χ0n) is 18.1. The molecule has 31 heavy (non-hydrogen) atoms. The molecule has 5 aromatic carbocycles. The first-order chi connectivity index (χ1) is 14.0. The van der Waals surface area contributed by atoms with E-state index in [4.69, 9.17) is 0 Å². The molecule has 0 unspecified atom stereocenters. The van der Waals surface area contributed by atoms with Crippen molar-refractivity contribution < 1.29 is 57.0 Å². The molecule has 0 N–H and O–H groups in total. The van der Waals surface area contributed by atoms with Crippen LogP contribution in [0.5, 0.6) is 0 Å². The molecule has 0 aliphatic rings. The maximum absolute atomic E-state index is 2.33. The number of fused-ring (bicyclic) bond motifs is 2. The topological polar surface area (TPSA) is 0 Å². The molecule has 0 spiro atoms. The third-order valence-electron chi connectivity index (χ3n) is 4.53. The van der Waals surface area contributed by atoms with Gasteiger partial charge in [0.05, 0.1) is 0 Å². The number of benzene rings is 3. The molecule has 0 fully saturated rings. The van der Waals surface area contributed by atoms with Gasteiger partial charge in [-0.2, -0.15) is 18.2 Å². The van der Waals surface area contributed by atoms with Gasteiger partial charge in [-0.25, -0.2) is 0 Å². The molecule has 0 saturated heterocycles. The number of hydrogen-bond acceptors (Lipinski definition) is 0. The Balaban J connectivity index is 0.000000263. The van der Waals surface area contributed by atoms with Crippen LogP contribution in [0.3, 0.4) is 0 Å². The van der Waals surface area contributed by atoms with Crippen molar-refractivity contribution in [1.29, 1.82) is 0 Å². The van der Waals surface area contributed by atoms with Gasteiger partial charge in [0.2, 0.25) is 0 Å². The van der Waals surface area contributed by atoms with Crippen LogP contribution in [0.15, 0.2) is 103 Å². The van der Waals surface area contributed by atoms with E-state index < -0.39 is 0 Å². The summed E-state index contributed by atoms with van der Waals surface area (Å²) >= 11 is 1.45. The first kappa shape index (κ1) is 28.0. The number of halogens is 2. The van der Waals surface area contributed by atoms with Crippen molar-refractivity contribution in [2.75, 3.05) is 0 Å². The largest absolute Gasteiger partial charge is 1.00 e. The molecular weight excluding hydrogens is 691 g/mol. The first-order valence-electron chi connectivity index (χ1n) is 9.88. The van der Waals surface area contributed by atoms with Gasteiger partial charge in [-0.3, -0.25) is 0 Å². The average Bonchev–Trinajstić information content (AvgIpc) is 3.33. The van der Waals surface area contributed by atoms with Crippen molar-refractivity contribution in [2.24, 2.45) is 0 Å². The molecule has 0 nitrogen and oxygen atoms in total. The Labute approximate surface area is 222 Å². The molecule has 158 valence electrons. The number of hydrogen-bond donors (Lipinski definition) is 0. The van der Waals surface area contributed by atoms with E-state index in [-0.39, 0.29) is 39.5 Å². The Hall–Kier alpha value is -1.07. The molecule has 4 heteroatoms. The summed E-state index contributed by atoms with van der Waals surface area (Å²) in [5.41, 5.74) is 4.21. The van der Waals surface area contributed by atoms with Gasteiger partial charge in [-0.05, 0) is 5.56 Å². The molecule has 0 amide bonds. The van der Waals surface area contributed by atoms with Crippen LogP contribution in [-0.4, -0.2) is 5.49 Å². The smallest absolute Gasteiger partial charge is 0.0279 e. The summed E-state index contributed by atoms with van der Waals surface area (Å²) in [6.45, 7) is 6.79. The maximum atomic E-state index is 2.33. The van der Waals surface area contributed by atoms with Crippen LogP contribution in [0.1, 0.15) is 5.56 Å². The molecule has 0 aromatic heterocycles. The van der Waals surface area contributed by atoms with Crippen molar-refractivity contribution in [1.82, 2.24) is 0 Å². The third-order valence-corrected chi connectivity index (χ3v) is 4.53. The Bertz CT molecular complexity index is 1170. The Kier molecular flexibility index (Phi) is 12.8. The van der Waals surface area contributed by atoms with Gasteiger partial charge in [0.15, 0.2) is 0 Å². The van der Waals surface area contributed by atoms with Gasteiger partial charge >= 0.3 is 41.6 Å². The zero-order chi connectivity index (χ0) is 20.6. The summed E-state index contributed by atoms with van der Waals surface area (Å²) < 4.78 is 0. The molecule has 5 aromatic rings. The van der Waals surface area contributed by atoms with Crippen LogP contribution in [-0.2, 0) is 23.0 Å². The minimum Gasteiger partial charge on any atom is -1.00 e. The fraction of sp³-hybridized carbons (Fsp3) is 0.111. The van der Waals surface area contributed by atoms with Crippen molar-refractivity contribution in [3.05, 3.63) is 109 Å². The van der Waals surface area contributed by atoms with Gasteiger partial charge < -0.3 is 34.0 Å². The average molecular weight is 717 g/mol. The Morgan fingerprint density at radius 1 is 0.742 bits per heavy atom. The molecular formula is C27H26Br2HfSi-2. The monoisotopic (exact) mass is 716 g/mol. The van der Waals surface area contributed by atoms with Gasteiger partial charge in [0.1, 0.15) is 0 Å². The molecule has 0 heterocycles. The molecule has 0 radical (unpaired) electrons. The molecule has 0 aliphatic carbocycles. The van der Waals surface area contributed by atoms with Crippen LogP contribution < -0.4 is 34.0 Å². The SMILES string of the molecule is C[Si](C)=[Hf+2].Cc1cc2ccccc2[cH-]1.[Br-].[Br-].c1ccc(-c2cccc3[cH-]ccc23)cc1. The summed E-state index contributed by atoms with van der Waals surface area (Å²) in [6, 6.07) is 36.2. The molecule has 5 rings (SSSR count). The second-order valence-corrected chi connectivity index (χ2v) is 20.1. The van der Waals surface area contributed by atoms with Crippen molar-refractivity contribution >= 4 is 27.0 Å². The van der Waals surface area contributed by atoms with E-state index in [9.17, 15) is 0 Å². The number of rotatable bonds is 1. The second-order valence-electron chi connectivity index (χ2n) is 7.36. The van der Waals surface area contributed by atoms with Crippen LogP contribution in [0.4, 0.5) is 0 Å². The third kappa shape index (κ3) is 8.41. The molecule has 0 atom stereocenters. The van der Waals surface area contributed by atoms with E-state index in [2.05, 4.69) is 123 Å². The van der Waals surface area contributed by atoms with Gasteiger partial charge in [0.25, 0.3) is 0 Å². The summed E-state index contributed by atoms with van der Waals surface area (Å²) in [5, 5.41) is 5.35. The van der Waals surface area contributed by atoms with Crippen molar-refractivity contribution in [3.8, 4) is 11.1 Å². The second kappa shape index (κ2) is 14.2. The van der Waals surface area contributed by atoms with Gasteiger partial charge in [-0.1, -0.05) is 55.0 Å². The van der Waals surface area contributed by atoms with E-state index in [0.29, 0.717) is 0 Å².